The fourth-order valence-corrected chi connectivity index (χ4v) is 2.05. The van der Waals surface area contributed by atoms with Crippen molar-refractivity contribution in [2.75, 3.05) is 13.7 Å². The molecular weight excluding hydrogens is 308 g/mol. The van der Waals surface area contributed by atoms with E-state index in [-0.39, 0.29) is 11.5 Å². The van der Waals surface area contributed by atoms with E-state index in [2.05, 4.69) is 0 Å². The van der Waals surface area contributed by atoms with Gasteiger partial charge in [0.15, 0.2) is 17.3 Å². The number of esters is 1. The van der Waals surface area contributed by atoms with Crippen LogP contribution in [0.2, 0.25) is 0 Å². The van der Waals surface area contributed by atoms with Crippen LogP contribution in [0.25, 0.3) is 6.08 Å². The Morgan fingerprint density at radius 3 is 2.38 bits per heavy atom. The smallest absolute Gasteiger partial charge is 0.338 e. The fourth-order valence-electron chi connectivity index (χ4n) is 2.05. The number of phenolic OH excluding ortho intramolecular Hbond substituents is 1. The highest BCUT2D eigenvalue weighted by Gasteiger charge is 2.08. The number of hydrogen-bond acceptors (Lipinski definition) is 5. The van der Waals surface area contributed by atoms with Crippen molar-refractivity contribution < 1.29 is 24.2 Å². The van der Waals surface area contributed by atoms with Crippen LogP contribution in [0.15, 0.2) is 48.5 Å². The number of aromatic hydroxyl groups is 1. The topological polar surface area (TPSA) is 72.8 Å². The molecule has 0 aliphatic heterocycles. The van der Waals surface area contributed by atoms with Gasteiger partial charge in [-0.15, -0.1) is 0 Å². The van der Waals surface area contributed by atoms with Crippen molar-refractivity contribution >= 4 is 17.8 Å². The van der Waals surface area contributed by atoms with Crippen LogP contribution < -0.4 is 4.74 Å². The lowest BCUT2D eigenvalue weighted by atomic mass is 10.1. The Balaban J connectivity index is 2.10. The standard InChI is InChI=1S/C19H18O5/c1-3-24-19(22)15-8-6-14(7-9-15)16(20)10-4-13-5-11-17(21)18(12-13)23-2/h4-12,21H,3H2,1-2H3/b10-4+. The van der Waals surface area contributed by atoms with E-state index in [1.807, 2.05) is 0 Å². The van der Waals surface area contributed by atoms with Crippen LogP contribution in [-0.2, 0) is 4.74 Å². The van der Waals surface area contributed by atoms with Gasteiger partial charge in [0.1, 0.15) is 0 Å². The van der Waals surface area contributed by atoms with Gasteiger partial charge in [0.25, 0.3) is 0 Å². The molecule has 0 fully saturated rings. The van der Waals surface area contributed by atoms with E-state index in [0.717, 1.165) is 5.56 Å². The number of benzene rings is 2. The summed E-state index contributed by atoms with van der Waals surface area (Å²) in [6, 6.07) is 11.1. The minimum absolute atomic E-state index is 0.0375. The number of carbonyl (C=O) groups excluding carboxylic acids is 2. The van der Waals surface area contributed by atoms with Gasteiger partial charge < -0.3 is 14.6 Å². The lowest BCUT2D eigenvalue weighted by Crippen LogP contribution is -2.05. The number of carbonyl (C=O) groups is 2. The zero-order chi connectivity index (χ0) is 17.5. The van der Waals surface area contributed by atoms with Gasteiger partial charge in [0.05, 0.1) is 19.3 Å². The third-order valence-electron chi connectivity index (χ3n) is 3.31. The van der Waals surface area contributed by atoms with Crippen molar-refractivity contribution in [3.63, 3.8) is 0 Å². The Morgan fingerprint density at radius 2 is 1.75 bits per heavy atom. The monoisotopic (exact) mass is 326 g/mol. The minimum atomic E-state index is -0.414. The molecule has 124 valence electrons. The number of rotatable bonds is 6. The molecule has 0 heterocycles. The molecule has 0 atom stereocenters. The van der Waals surface area contributed by atoms with Crippen LogP contribution in [0.4, 0.5) is 0 Å². The predicted octanol–water partition coefficient (Wildman–Crippen LogP) is 3.47. The third kappa shape index (κ3) is 4.23. The van der Waals surface area contributed by atoms with Crippen molar-refractivity contribution in [1.82, 2.24) is 0 Å². The second-order valence-corrected chi connectivity index (χ2v) is 4.93. The van der Waals surface area contributed by atoms with Gasteiger partial charge in [-0.05, 0) is 42.8 Å². The van der Waals surface area contributed by atoms with E-state index < -0.39 is 5.97 Å². The first kappa shape index (κ1) is 17.3. The summed E-state index contributed by atoms with van der Waals surface area (Å²) >= 11 is 0. The molecule has 0 aliphatic rings. The van der Waals surface area contributed by atoms with Gasteiger partial charge in [-0.1, -0.05) is 24.3 Å². The lowest BCUT2D eigenvalue weighted by Gasteiger charge is -2.04. The number of allylic oxidation sites excluding steroid dienone is 1. The van der Waals surface area contributed by atoms with Gasteiger partial charge in [-0.3, -0.25) is 4.79 Å². The maximum atomic E-state index is 12.2. The second-order valence-electron chi connectivity index (χ2n) is 4.93. The lowest BCUT2D eigenvalue weighted by molar-refractivity contribution is 0.0526. The van der Waals surface area contributed by atoms with E-state index in [0.29, 0.717) is 23.5 Å². The first-order valence-corrected chi connectivity index (χ1v) is 7.41. The van der Waals surface area contributed by atoms with Crippen LogP contribution >= 0.6 is 0 Å². The number of phenols is 1. The van der Waals surface area contributed by atoms with Gasteiger partial charge in [0, 0.05) is 5.56 Å². The fraction of sp³-hybridized carbons (Fsp3) is 0.158. The Labute approximate surface area is 140 Å². The van der Waals surface area contributed by atoms with E-state index in [4.69, 9.17) is 9.47 Å². The van der Waals surface area contributed by atoms with E-state index in [1.54, 1.807) is 49.4 Å². The first-order valence-electron chi connectivity index (χ1n) is 7.41. The average molecular weight is 326 g/mol. The molecule has 0 amide bonds. The molecule has 2 aromatic rings. The van der Waals surface area contributed by atoms with Crippen LogP contribution in [0.5, 0.6) is 11.5 Å². The summed E-state index contributed by atoms with van der Waals surface area (Å²) in [6.07, 6.45) is 3.05. The third-order valence-corrected chi connectivity index (χ3v) is 3.31. The summed E-state index contributed by atoms with van der Waals surface area (Å²) in [5, 5.41) is 9.55. The molecule has 0 bridgehead atoms. The van der Waals surface area contributed by atoms with E-state index >= 15 is 0 Å². The summed E-state index contributed by atoms with van der Waals surface area (Å²) in [5.41, 5.74) is 1.59. The SMILES string of the molecule is CCOC(=O)c1ccc(C(=O)/C=C/c2ccc(O)c(OC)c2)cc1. The maximum absolute atomic E-state index is 12.2. The molecule has 1 N–H and O–H groups in total. The molecular formula is C19H18O5. The number of methoxy groups -OCH3 is 1. The van der Waals surface area contributed by atoms with Crippen LogP contribution in [0, 0.1) is 0 Å². The number of ketones is 1. The zero-order valence-electron chi connectivity index (χ0n) is 13.5. The van der Waals surface area contributed by atoms with Gasteiger partial charge in [-0.2, -0.15) is 0 Å². The average Bonchev–Trinajstić information content (AvgIpc) is 2.61. The van der Waals surface area contributed by atoms with Crippen molar-refractivity contribution in [2.45, 2.75) is 6.92 Å². The van der Waals surface area contributed by atoms with E-state index in [1.165, 1.54) is 19.3 Å². The summed E-state index contributed by atoms with van der Waals surface area (Å²) in [4.78, 5) is 23.7. The highest BCUT2D eigenvalue weighted by molar-refractivity contribution is 6.07. The van der Waals surface area contributed by atoms with Crippen molar-refractivity contribution in [3.8, 4) is 11.5 Å². The Bertz CT molecular complexity index is 760. The maximum Gasteiger partial charge on any atom is 0.338 e. The highest BCUT2D eigenvalue weighted by atomic mass is 16.5. The van der Waals surface area contributed by atoms with Crippen LogP contribution in [-0.4, -0.2) is 30.6 Å². The quantitative estimate of drug-likeness (QED) is 0.500. The van der Waals surface area contributed by atoms with E-state index in [9.17, 15) is 14.7 Å². The molecule has 0 radical (unpaired) electrons. The second kappa shape index (κ2) is 7.97. The number of hydrogen-bond donors (Lipinski definition) is 1. The normalized spacial score (nSPS) is 10.6. The van der Waals surface area contributed by atoms with Crippen molar-refractivity contribution in [1.29, 1.82) is 0 Å². The molecule has 0 saturated carbocycles. The summed E-state index contributed by atoms with van der Waals surface area (Å²) in [7, 11) is 1.46. The van der Waals surface area contributed by atoms with Crippen molar-refractivity contribution in [3.05, 3.63) is 65.2 Å². The van der Waals surface area contributed by atoms with Crippen LogP contribution in [0.3, 0.4) is 0 Å². The molecule has 24 heavy (non-hydrogen) atoms. The summed E-state index contributed by atoms with van der Waals surface area (Å²) < 4.78 is 9.91. The first-order chi connectivity index (χ1) is 11.5. The largest absolute Gasteiger partial charge is 0.504 e. The molecule has 0 aliphatic carbocycles. The molecule has 0 aromatic heterocycles. The molecule has 0 spiro atoms. The highest BCUT2D eigenvalue weighted by Crippen LogP contribution is 2.26. The number of ether oxygens (including phenoxy) is 2. The Hall–Kier alpha value is -3.08. The van der Waals surface area contributed by atoms with Crippen LogP contribution in [0.1, 0.15) is 33.2 Å². The molecule has 2 rings (SSSR count). The van der Waals surface area contributed by atoms with Gasteiger partial charge >= 0.3 is 5.97 Å². The molecule has 5 nitrogen and oxygen atoms in total. The zero-order valence-corrected chi connectivity index (χ0v) is 13.5. The molecule has 5 heteroatoms. The molecule has 0 unspecified atom stereocenters. The van der Waals surface area contributed by atoms with Gasteiger partial charge in [0.2, 0.25) is 0 Å². The van der Waals surface area contributed by atoms with Crippen molar-refractivity contribution in [2.24, 2.45) is 0 Å². The van der Waals surface area contributed by atoms with Gasteiger partial charge in [-0.25, -0.2) is 4.79 Å². The predicted molar refractivity (Wildman–Crippen MR) is 90.4 cm³/mol. The molecule has 2 aromatic carbocycles. The Morgan fingerprint density at radius 1 is 1.08 bits per heavy atom. The summed E-state index contributed by atoms with van der Waals surface area (Å²) in [5.74, 6) is -0.236. The molecule has 0 saturated heterocycles. The summed E-state index contributed by atoms with van der Waals surface area (Å²) in [6.45, 7) is 2.04. The Kier molecular flexibility index (Phi) is 5.73. The minimum Gasteiger partial charge on any atom is -0.504 e.